The van der Waals surface area contributed by atoms with Gasteiger partial charge >= 0.3 is 0 Å². The smallest absolute Gasteiger partial charge is 0.193 e. The van der Waals surface area contributed by atoms with Crippen molar-refractivity contribution in [3.05, 3.63) is 40.5 Å². The topological polar surface area (TPSA) is 50.0 Å². The summed E-state index contributed by atoms with van der Waals surface area (Å²) in [6, 6.07) is 4.35. The number of hydrogen-bond acceptors (Lipinski definition) is 2. The van der Waals surface area contributed by atoms with Gasteiger partial charge in [0.05, 0.1) is 11.3 Å². The first-order chi connectivity index (χ1) is 8.97. The van der Waals surface area contributed by atoms with Crippen LogP contribution in [0.5, 0.6) is 0 Å². The SMILES string of the molecule is CC1=CC(C)=N[C@H]2Nc3c(C)cc(C)cc3C(=[NH2+])[C@@H]12. The van der Waals surface area contributed by atoms with Gasteiger partial charge in [-0.3, -0.25) is 10.4 Å². The van der Waals surface area contributed by atoms with E-state index in [1.54, 1.807) is 0 Å². The van der Waals surface area contributed by atoms with Gasteiger partial charge in [-0.1, -0.05) is 11.6 Å². The van der Waals surface area contributed by atoms with Gasteiger partial charge in [0, 0.05) is 5.71 Å². The van der Waals surface area contributed by atoms with E-state index < -0.39 is 0 Å². The summed E-state index contributed by atoms with van der Waals surface area (Å²) in [6.07, 6.45) is 2.17. The van der Waals surface area contributed by atoms with E-state index in [1.807, 2.05) is 6.92 Å². The first kappa shape index (κ1) is 12.2. The second-order valence-corrected chi connectivity index (χ2v) is 5.69. The Kier molecular flexibility index (Phi) is 2.59. The number of aryl methyl sites for hydroxylation is 2. The lowest BCUT2D eigenvalue weighted by Crippen LogP contribution is -2.54. The number of aliphatic imine (C=N–C) groups is 1. The third-order valence-corrected chi connectivity index (χ3v) is 4.00. The van der Waals surface area contributed by atoms with Crippen LogP contribution in [0.3, 0.4) is 0 Å². The molecule has 1 aromatic rings. The van der Waals surface area contributed by atoms with Gasteiger partial charge in [0.2, 0.25) is 0 Å². The summed E-state index contributed by atoms with van der Waals surface area (Å²) in [6.45, 7) is 8.40. The molecule has 0 fully saturated rings. The van der Waals surface area contributed by atoms with E-state index in [4.69, 9.17) is 10.4 Å². The molecule has 0 amide bonds. The monoisotopic (exact) mass is 254 g/mol. The fourth-order valence-corrected chi connectivity index (χ4v) is 3.23. The number of hydrogen-bond donors (Lipinski definition) is 2. The number of benzene rings is 1. The molecule has 2 atom stereocenters. The highest BCUT2D eigenvalue weighted by Crippen LogP contribution is 2.36. The van der Waals surface area contributed by atoms with Crippen molar-refractivity contribution < 1.29 is 5.41 Å². The second kappa shape index (κ2) is 4.05. The maximum atomic E-state index is 6.44. The summed E-state index contributed by atoms with van der Waals surface area (Å²) in [5.41, 5.74) is 8.04. The highest BCUT2D eigenvalue weighted by atomic mass is 15.1. The van der Waals surface area contributed by atoms with Crippen LogP contribution < -0.4 is 10.7 Å². The van der Waals surface area contributed by atoms with Crippen LogP contribution in [0.4, 0.5) is 5.69 Å². The molecule has 0 unspecified atom stereocenters. The molecule has 3 nitrogen and oxygen atoms in total. The fraction of sp³-hybridized carbons (Fsp3) is 0.375. The van der Waals surface area contributed by atoms with Gasteiger partial charge in [-0.15, -0.1) is 0 Å². The van der Waals surface area contributed by atoms with Gasteiger partial charge in [-0.05, 0) is 51.0 Å². The molecule has 0 saturated heterocycles. The van der Waals surface area contributed by atoms with Crippen LogP contribution >= 0.6 is 0 Å². The first-order valence-corrected chi connectivity index (χ1v) is 6.70. The number of nitrogens with one attached hydrogen (secondary N) is 1. The van der Waals surface area contributed by atoms with Crippen molar-refractivity contribution in [3.8, 4) is 0 Å². The zero-order chi connectivity index (χ0) is 13.7. The predicted octanol–water partition coefficient (Wildman–Crippen LogP) is 1.64. The summed E-state index contributed by atoms with van der Waals surface area (Å²) in [5.74, 6) is 0.178. The maximum absolute atomic E-state index is 6.44. The maximum Gasteiger partial charge on any atom is 0.193 e. The molecule has 0 spiro atoms. The molecule has 0 radical (unpaired) electrons. The summed E-state index contributed by atoms with van der Waals surface area (Å²) < 4.78 is 0. The van der Waals surface area contributed by atoms with Crippen LogP contribution in [0, 0.1) is 19.8 Å². The van der Waals surface area contributed by atoms with E-state index in [0.717, 1.165) is 22.7 Å². The van der Waals surface area contributed by atoms with Crippen molar-refractivity contribution in [2.45, 2.75) is 33.9 Å². The van der Waals surface area contributed by atoms with Crippen molar-refractivity contribution in [1.82, 2.24) is 0 Å². The van der Waals surface area contributed by atoms with E-state index >= 15 is 0 Å². The summed E-state index contributed by atoms with van der Waals surface area (Å²) in [5, 5.41) is 10.00. The minimum Gasteiger partial charge on any atom is -0.362 e. The number of anilines is 1. The lowest BCUT2D eigenvalue weighted by atomic mass is 9.81. The average Bonchev–Trinajstić information content (AvgIpc) is 2.30. The number of rotatable bonds is 0. The van der Waals surface area contributed by atoms with E-state index in [9.17, 15) is 0 Å². The highest BCUT2D eigenvalue weighted by molar-refractivity contribution is 6.09. The van der Waals surface area contributed by atoms with E-state index in [-0.39, 0.29) is 12.1 Å². The lowest BCUT2D eigenvalue weighted by Gasteiger charge is -2.34. The molecule has 3 rings (SSSR count). The molecule has 3 heteroatoms. The Morgan fingerprint density at radius 3 is 2.63 bits per heavy atom. The molecule has 0 saturated carbocycles. The molecule has 1 aromatic carbocycles. The zero-order valence-electron chi connectivity index (χ0n) is 11.9. The first-order valence-electron chi connectivity index (χ1n) is 6.70. The van der Waals surface area contributed by atoms with Gasteiger partial charge in [0.25, 0.3) is 0 Å². The Balaban J connectivity index is 2.16. The van der Waals surface area contributed by atoms with E-state index in [0.29, 0.717) is 0 Å². The van der Waals surface area contributed by atoms with Crippen molar-refractivity contribution in [1.29, 1.82) is 0 Å². The Morgan fingerprint density at radius 2 is 1.89 bits per heavy atom. The van der Waals surface area contributed by atoms with Crippen LogP contribution in [0.15, 0.2) is 28.8 Å². The molecule has 0 bridgehead atoms. The molecule has 2 aliphatic heterocycles. The number of nitrogens with two attached hydrogens (primary N) is 1. The predicted molar refractivity (Wildman–Crippen MR) is 79.7 cm³/mol. The fourth-order valence-electron chi connectivity index (χ4n) is 3.23. The number of dihydropyridines is 1. The Labute approximate surface area is 114 Å². The third kappa shape index (κ3) is 1.81. The average molecular weight is 254 g/mol. The normalized spacial score (nSPS) is 24.9. The van der Waals surface area contributed by atoms with Crippen LogP contribution in [0.2, 0.25) is 0 Å². The molecular formula is C16H20N3+. The molecule has 3 N–H and O–H groups in total. The Hall–Kier alpha value is -1.90. The number of fused-ring (bicyclic) bond motifs is 2. The minimum absolute atomic E-state index is 0.0407. The zero-order valence-corrected chi connectivity index (χ0v) is 11.9. The molecular weight excluding hydrogens is 234 g/mol. The second-order valence-electron chi connectivity index (χ2n) is 5.69. The van der Waals surface area contributed by atoms with Gasteiger partial charge in [-0.25, -0.2) is 0 Å². The molecule has 2 aliphatic rings. The molecule has 0 aromatic heterocycles. The van der Waals surface area contributed by atoms with Crippen molar-refractivity contribution in [3.63, 3.8) is 0 Å². The largest absolute Gasteiger partial charge is 0.362 e. The molecule has 98 valence electrons. The molecule has 0 aliphatic carbocycles. The van der Waals surface area contributed by atoms with Crippen molar-refractivity contribution in [2.75, 3.05) is 5.32 Å². The van der Waals surface area contributed by atoms with Crippen LogP contribution in [0.25, 0.3) is 0 Å². The van der Waals surface area contributed by atoms with Gasteiger partial charge in [-0.2, -0.15) is 0 Å². The van der Waals surface area contributed by atoms with Crippen molar-refractivity contribution in [2.24, 2.45) is 10.9 Å². The van der Waals surface area contributed by atoms with E-state index in [1.165, 1.54) is 16.7 Å². The Morgan fingerprint density at radius 1 is 1.16 bits per heavy atom. The summed E-state index contributed by atoms with van der Waals surface area (Å²) in [4.78, 5) is 4.70. The van der Waals surface area contributed by atoms with Gasteiger partial charge < -0.3 is 5.32 Å². The number of allylic oxidation sites excluding steroid dienone is 1. The molecule has 19 heavy (non-hydrogen) atoms. The molecule has 2 heterocycles. The Bertz CT molecular complexity index is 638. The summed E-state index contributed by atoms with van der Waals surface area (Å²) >= 11 is 0. The van der Waals surface area contributed by atoms with Gasteiger partial charge in [0.15, 0.2) is 5.71 Å². The highest BCUT2D eigenvalue weighted by Gasteiger charge is 2.39. The number of nitrogens with zero attached hydrogens (tertiary/aromatic N) is 1. The van der Waals surface area contributed by atoms with E-state index in [2.05, 4.69) is 44.3 Å². The van der Waals surface area contributed by atoms with Crippen molar-refractivity contribution >= 4 is 17.1 Å². The van der Waals surface area contributed by atoms with Crippen LogP contribution in [0.1, 0.15) is 30.5 Å². The quantitative estimate of drug-likeness (QED) is 0.726. The third-order valence-electron chi connectivity index (χ3n) is 4.00. The van der Waals surface area contributed by atoms with Crippen LogP contribution in [-0.4, -0.2) is 17.6 Å². The minimum atomic E-state index is 0.0407. The van der Waals surface area contributed by atoms with Crippen LogP contribution in [-0.2, 0) is 0 Å². The van der Waals surface area contributed by atoms with Gasteiger partial charge in [0.1, 0.15) is 12.1 Å². The summed E-state index contributed by atoms with van der Waals surface area (Å²) in [7, 11) is 0. The lowest BCUT2D eigenvalue weighted by molar-refractivity contribution is -0.118. The standard InChI is InChI=1S/C16H19N3/c1-8-5-10(3)15-12(6-8)14(17)13-9(2)7-11(4)18-16(13)19-15/h5-7,13,16-17,19H,1-4H3/p+1/t13-,16+/m1/s1.